The number of hydrogen-bond donors (Lipinski definition) is 0. The van der Waals surface area contributed by atoms with Gasteiger partial charge in [0.1, 0.15) is 0 Å². The Morgan fingerprint density at radius 2 is 2.00 bits per heavy atom. The molecule has 6 heteroatoms. The minimum Gasteiger partial charge on any atom is -0.490 e. The monoisotopic (exact) mass is 368 g/mol. The maximum atomic E-state index is 12.2. The zero-order chi connectivity index (χ0) is 19.8. The molecule has 0 saturated heterocycles. The lowest BCUT2D eigenvalue weighted by molar-refractivity contribution is -0.135. The average Bonchev–Trinajstić information content (AvgIpc) is 2.67. The van der Waals surface area contributed by atoms with E-state index in [1.165, 1.54) is 17.2 Å². The minimum absolute atomic E-state index is 0.133. The van der Waals surface area contributed by atoms with Gasteiger partial charge in [-0.1, -0.05) is 12.1 Å². The molecule has 0 aliphatic carbocycles. The summed E-state index contributed by atoms with van der Waals surface area (Å²) in [6, 6.07) is 8.75. The lowest BCUT2D eigenvalue weighted by Crippen LogP contribution is -2.35. The minimum atomic E-state index is -0.632. The van der Waals surface area contributed by atoms with Gasteiger partial charge in [0.2, 0.25) is 0 Å². The van der Waals surface area contributed by atoms with Crippen molar-refractivity contribution in [1.29, 1.82) is 0 Å². The molecule has 142 valence electrons. The van der Waals surface area contributed by atoms with Crippen molar-refractivity contribution in [3.8, 4) is 11.5 Å². The van der Waals surface area contributed by atoms with E-state index in [0.717, 1.165) is 5.56 Å². The molecule has 0 saturated carbocycles. The Morgan fingerprint density at radius 3 is 2.63 bits per heavy atom. The highest BCUT2D eigenvalue weighted by Crippen LogP contribution is 2.30. The number of ether oxygens (including phenoxy) is 2. The molecule has 1 amide bonds. The van der Waals surface area contributed by atoms with Gasteiger partial charge in [0, 0.05) is 32.1 Å². The van der Waals surface area contributed by atoms with Gasteiger partial charge in [-0.15, -0.1) is 0 Å². The van der Waals surface area contributed by atoms with Crippen molar-refractivity contribution in [2.24, 2.45) is 0 Å². The van der Waals surface area contributed by atoms with Gasteiger partial charge in [-0.2, -0.15) is 0 Å². The lowest BCUT2D eigenvalue weighted by atomic mass is 10.1. The number of allylic oxidation sites excluding steroid dienone is 1. The van der Waals surface area contributed by atoms with Gasteiger partial charge in [-0.05, 0) is 49.8 Å². The first-order valence-corrected chi connectivity index (χ1v) is 8.69. The second-order valence-electron chi connectivity index (χ2n) is 6.07. The molecule has 2 rings (SSSR count). The average molecular weight is 368 g/mol. The van der Waals surface area contributed by atoms with Gasteiger partial charge in [-0.25, -0.2) is 0 Å². The van der Waals surface area contributed by atoms with Crippen molar-refractivity contribution in [2.45, 2.75) is 20.0 Å². The number of ketones is 1. The third-order valence-corrected chi connectivity index (χ3v) is 3.73. The van der Waals surface area contributed by atoms with E-state index in [2.05, 4.69) is 4.98 Å². The van der Waals surface area contributed by atoms with Crippen LogP contribution in [-0.4, -0.2) is 48.4 Å². The molecule has 27 heavy (non-hydrogen) atoms. The van der Waals surface area contributed by atoms with Crippen LogP contribution in [0.3, 0.4) is 0 Å². The van der Waals surface area contributed by atoms with E-state index in [9.17, 15) is 9.59 Å². The summed E-state index contributed by atoms with van der Waals surface area (Å²) < 4.78 is 11.4. The predicted molar refractivity (Wildman–Crippen MR) is 104 cm³/mol. The Morgan fingerprint density at radius 1 is 1.22 bits per heavy atom. The first-order valence-electron chi connectivity index (χ1n) is 8.69. The summed E-state index contributed by atoms with van der Waals surface area (Å²) in [6.45, 7) is 4.01. The largest absolute Gasteiger partial charge is 0.490 e. The van der Waals surface area contributed by atoms with E-state index in [1.54, 1.807) is 63.6 Å². The van der Waals surface area contributed by atoms with E-state index in [-0.39, 0.29) is 11.7 Å². The van der Waals surface area contributed by atoms with Crippen molar-refractivity contribution in [3.63, 3.8) is 0 Å². The molecule has 0 aliphatic rings. The number of benzene rings is 1. The molecule has 0 N–H and O–H groups in total. The number of carbonyl (C=O) groups excluding carboxylic acids is 2. The fraction of sp³-hybridized carbons (Fsp3) is 0.286. The van der Waals surface area contributed by atoms with Gasteiger partial charge in [0.25, 0.3) is 5.91 Å². The maximum absolute atomic E-state index is 12.2. The summed E-state index contributed by atoms with van der Waals surface area (Å²) in [5, 5.41) is 0. The number of likely N-dealkylation sites (N-methyl/N-ethyl adjacent to an activating group) is 1. The van der Waals surface area contributed by atoms with Crippen LogP contribution in [0.4, 0.5) is 0 Å². The number of carbonyl (C=O) groups is 2. The molecule has 1 aromatic carbocycles. The number of hydrogen-bond acceptors (Lipinski definition) is 5. The Labute approximate surface area is 159 Å². The standard InChI is InChI=1S/C21H24N2O4/c1-5-26-20-13-16(8-10-18(24)17-7-6-12-22-14-17)9-11-19(20)27-15(2)21(25)23(3)4/h6-15H,5H2,1-4H3/b10-8+/t15-/m0/s1. The first kappa shape index (κ1) is 20.2. The molecule has 2 aromatic rings. The summed E-state index contributed by atoms with van der Waals surface area (Å²) in [6.07, 6.45) is 5.71. The highest BCUT2D eigenvalue weighted by Gasteiger charge is 2.18. The zero-order valence-electron chi connectivity index (χ0n) is 16.0. The zero-order valence-corrected chi connectivity index (χ0v) is 16.0. The molecular formula is C21H24N2O4. The Bertz CT molecular complexity index is 816. The van der Waals surface area contributed by atoms with Crippen LogP contribution >= 0.6 is 0 Å². The van der Waals surface area contributed by atoms with Crippen LogP contribution in [0.15, 0.2) is 48.8 Å². The van der Waals surface area contributed by atoms with Crippen LogP contribution < -0.4 is 9.47 Å². The molecule has 1 aromatic heterocycles. The number of nitrogens with zero attached hydrogens (tertiary/aromatic N) is 2. The highest BCUT2D eigenvalue weighted by molar-refractivity contribution is 6.06. The van der Waals surface area contributed by atoms with Crippen molar-refractivity contribution >= 4 is 17.8 Å². The van der Waals surface area contributed by atoms with Crippen molar-refractivity contribution < 1.29 is 19.1 Å². The number of pyridine rings is 1. The summed E-state index contributed by atoms with van der Waals surface area (Å²) in [4.78, 5) is 29.6. The molecule has 1 heterocycles. The van der Waals surface area contributed by atoms with Gasteiger partial charge in [0.05, 0.1) is 6.61 Å². The van der Waals surface area contributed by atoms with E-state index < -0.39 is 6.10 Å². The van der Waals surface area contributed by atoms with Gasteiger partial charge in [-0.3, -0.25) is 14.6 Å². The third kappa shape index (κ3) is 5.67. The molecular weight excluding hydrogens is 344 g/mol. The summed E-state index contributed by atoms with van der Waals surface area (Å²) in [5.74, 6) is 0.734. The molecule has 6 nitrogen and oxygen atoms in total. The Kier molecular flexibility index (Phi) is 7.11. The lowest BCUT2D eigenvalue weighted by Gasteiger charge is -2.20. The van der Waals surface area contributed by atoms with Crippen LogP contribution in [0.2, 0.25) is 0 Å². The fourth-order valence-corrected chi connectivity index (χ4v) is 2.38. The van der Waals surface area contributed by atoms with Gasteiger partial charge >= 0.3 is 0 Å². The SMILES string of the molecule is CCOc1cc(/C=C/C(=O)c2cccnc2)ccc1O[C@@H](C)C(=O)N(C)C. The molecule has 0 unspecified atom stereocenters. The van der Waals surface area contributed by atoms with Crippen molar-refractivity contribution in [3.05, 3.63) is 59.9 Å². The number of rotatable bonds is 8. The van der Waals surface area contributed by atoms with Gasteiger partial charge in [0.15, 0.2) is 23.4 Å². The smallest absolute Gasteiger partial charge is 0.262 e. The van der Waals surface area contributed by atoms with E-state index in [0.29, 0.717) is 23.7 Å². The van der Waals surface area contributed by atoms with Crippen LogP contribution in [0.1, 0.15) is 29.8 Å². The number of aromatic nitrogens is 1. The maximum Gasteiger partial charge on any atom is 0.262 e. The quantitative estimate of drug-likeness (QED) is 0.529. The van der Waals surface area contributed by atoms with Crippen molar-refractivity contribution in [2.75, 3.05) is 20.7 Å². The van der Waals surface area contributed by atoms with Gasteiger partial charge < -0.3 is 14.4 Å². The molecule has 0 spiro atoms. The molecule has 0 fully saturated rings. The second-order valence-corrected chi connectivity index (χ2v) is 6.07. The molecule has 0 aliphatic heterocycles. The van der Waals surface area contributed by atoms with E-state index >= 15 is 0 Å². The van der Waals surface area contributed by atoms with Crippen molar-refractivity contribution in [1.82, 2.24) is 9.88 Å². The highest BCUT2D eigenvalue weighted by atomic mass is 16.5. The Balaban J connectivity index is 2.18. The molecule has 0 radical (unpaired) electrons. The number of amides is 1. The summed E-state index contributed by atoms with van der Waals surface area (Å²) in [7, 11) is 3.36. The Hall–Kier alpha value is -3.15. The second kappa shape index (κ2) is 9.52. The topological polar surface area (TPSA) is 68.7 Å². The first-order chi connectivity index (χ1) is 12.9. The van der Waals surface area contributed by atoms with Crippen LogP contribution in [0.5, 0.6) is 11.5 Å². The normalized spacial score (nSPS) is 11.9. The third-order valence-electron chi connectivity index (χ3n) is 3.73. The fourth-order valence-electron chi connectivity index (χ4n) is 2.38. The summed E-state index contributed by atoms with van der Waals surface area (Å²) >= 11 is 0. The molecule has 1 atom stereocenters. The van der Waals surface area contributed by atoms with Crippen LogP contribution in [0, 0.1) is 0 Å². The van der Waals surface area contributed by atoms with Crippen LogP contribution in [-0.2, 0) is 4.79 Å². The predicted octanol–water partition coefficient (Wildman–Crippen LogP) is 3.23. The van der Waals surface area contributed by atoms with Crippen LogP contribution in [0.25, 0.3) is 6.08 Å². The summed E-state index contributed by atoms with van der Waals surface area (Å²) in [5.41, 5.74) is 1.31. The van der Waals surface area contributed by atoms with E-state index in [4.69, 9.17) is 9.47 Å². The molecule has 0 bridgehead atoms. The van der Waals surface area contributed by atoms with E-state index in [1.807, 2.05) is 6.92 Å².